The second-order valence-electron chi connectivity index (χ2n) is 2.54. The van der Waals surface area contributed by atoms with Crippen molar-refractivity contribution in [2.24, 2.45) is 0 Å². The van der Waals surface area contributed by atoms with Crippen LogP contribution in [0.5, 0.6) is 0 Å². The van der Waals surface area contributed by atoms with Gasteiger partial charge >= 0.3 is 0 Å². The maximum Gasteiger partial charge on any atom is 0.0142 e. The maximum absolute atomic E-state index is 4.34. The van der Waals surface area contributed by atoms with Crippen LogP contribution in [0.4, 0.5) is 0 Å². The predicted molar refractivity (Wildman–Crippen MR) is 39.5 cm³/mol. The van der Waals surface area contributed by atoms with Crippen molar-refractivity contribution in [1.82, 2.24) is 5.32 Å². The van der Waals surface area contributed by atoms with Crippen LogP contribution in [-0.4, -0.2) is 17.8 Å². The number of piperidine rings is 1. The first kappa shape index (κ1) is 6.43. The van der Waals surface area contributed by atoms with Crippen molar-refractivity contribution < 1.29 is 0 Å². The molecule has 1 nitrogen and oxygen atoms in total. The van der Waals surface area contributed by atoms with Crippen molar-refractivity contribution in [1.29, 1.82) is 0 Å². The minimum atomic E-state index is 0.603. The zero-order valence-corrected chi connectivity index (χ0v) is 6.12. The Kier molecular flexibility index (Phi) is 2.20. The fourth-order valence-electron chi connectivity index (χ4n) is 0.984. The summed E-state index contributed by atoms with van der Waals surface area (Å²) in [5.74, 6) is 0. The molecular weight excluding hydrogens is 118 g/mol. The third-order valence-electron chi connectivity index (χ3n) is 1.63. The van der Waals surface area contributed by atoms with Crippen LogP contribution in [0.25, 0.3) is 0 Å². The third kappa shape index (κ3) is 1.67. The predicted octanol–water partition coefficient (Wildman–Crippen LogP) is 1.06. The molecule has 1 aliphatic heterocycles. The molecule has 48 valence electrons. The Morgan fingerprint density at radius 2 is 2.25 bits per heavy atom. The summed E-state index contributed by atoms with van der Waals surface area (Å²) < 4.78 is 0. The maximum atomic E-state index is 4.34. The molecule has 0 unspecified atom stereocenters. The summed E-state index contributed by atoms with van der Waals surface area (Å²) in [6, 6.07) is 0.721. The second-order valence-corrected chi connectivity index (χ2v) is 3.27. The molecule has 1 N–H and O–H groups in total. The monoisotopic (exact) mass is 131 g/mol. The lowest BCUT2D eigenvalue weighted by Gasteiger charge is -2.23. The van der Waals surface area contributed by atoms with E-state index in [1.54, 1.807) is 0 Å². The van der Waals surface area contributed by atoms with Crippen LogP contribution in [0.2, 0.25) is 0 Å². The summed E-state index contributed by atoms with van der Waals surface area (Å²) in [6.45, 7) is 3.31. The Morgan fingerprint density at radius 1 is 1.50 bits per heavy atom. The van der Waals surface area contributed by atoms with Crippen molar-refractivity contribution in [2.45, 2.75) is 31.1 Å². The smallest absolute Gasteiger partial charge is 0.0142 e. The standard InChI is InChI=1S/C6H13NS/c1-5-2-3-6(8)4-7-5/h5-8H,2-4H2,1H3/t5-,6+/m1/s1. The number of nitrogens with one attached hydrogen (secondary N) is 1. The first-order valence-corrected chi connectivity index (χ1v) is 3.72. The molecule has 1 saturated heterocycles. The fraction of sp³-hybridized carbons (Fsp3) is 1.00. The molecule has 0 aromatic carbocycles. The van der Waals surface area contributed by atoms with E-state index in [-0.39, 0.29) is 0 Å². The van der Waals surface area contributed by atoms with E-state index in [1.165, 1.54) is 12.8 Å². The molecule has 8 heavy (non-hydrogen) atoms. The Bertz CT molecular complexity index is 56.9. The van der Waals surface area contributed by atoms with Crippen LogP contribution in [-0.2, 0) is 0 Å². The molecule has 0 spiro atoms. The van der Waals surface area contributed by atoms with Crippen LogP contribution in [0, 0.1) is 0 Å². The third-order valence-corrected chi connectivity index (χ3v) is 2.08. The average molecular weight is 131 g/mol. The normalized spacial score (nSPS) is 39.8. The van der Waals surface area contributed by atoms with E-state index in [9.17, 15) is 0 Å². The molecule has 1 rings (SSSR count). The zero-order chi connectivity index (χ0) is 5.98. The van der Waals surface area contributed by atoms with E-state index >= 15 is 0 Å². The lowest BCUT2D eigenvalue weighted by Crippen LogP contribution is -2.37. The Labute approximate surface area is 56.3 Å². The summed E-state index contributed by atoms with van der Waals surface area (Å²) in [7, 11) is 0. The van der Waals surface area contributed by atoms with Gasteiger partial charge in [0.05, 0.1) is 0 Å². The Hall–Kier alpha value is 0.310. The van der Waals surface area contributed by atoms with Crippen LogP contribution < -0.4 is 5.32 Å². The molecule has 0 saturated carbocycles. The topological polar surface area (TPSA) is 12.0 Å². The van der Waals surface area contributed by atoms with Crippen molar-refractivity contribution >= 4 is 12.6 Å². The minimum absolute atomic E-state index is 0.603. The lowest BCUT2D eigenvalue weighted by atomic mass is 10.1. The lowest BCUT2D eigenvalue weighted by molar-refractivity contribution is 0.434. The van der Waals surface area contributed by atoms with Crippen molar-refractivity contribution in [2.75, 3.05) is 6.54 Å². The molecule has 0 aromatic heterocycles. The van der Waals surface area contributed by atoms with Gasteiger partial charge in [-0.15, -0.1) is 0 Å². The van der Waals surface area contributed by atoms with Gasteiger partial charge in [-0.3, -0.25) is 0 Å². The summed E-state index contributed by atoms with van der Waals surface area (Å²) in [4.78, 5) is 0. The van der Waals surface area contributed by atoms with Gasteiger partial charge in [-0.05, 0) is 19.8 Å². The zero-order valence-electron chi connectivity index (χ0n) is 5.22. The molecule has 0 radical (unpaired) electrons. The fourth-order valence-corrected chi connectivity index (χ4v) is 1.24. The van der Waals surface area contributed by atoms with E-state index < -0.39 is 0 Å². The van der Waals surface area contributed by atoms with E-state index in [4.69, 9.17) is 0 Å². The minimum Gasteiger partial charge on any atom is -0.313 e. The van der Waals surface area contributed by atoms with Crippen LogP contribution in [0.1, 0.15) is 19.8 Å². The van der Waals surface area contributed by atoms with Gasteiger partial charge in [0.15, 0.2) is 0 Å². The van der Waals surface area contributed by atoms with Crippen LogP contribution in [0.3, 0.4) is 0 Å². The number of rotatable bonds is 0. The molecule has 0 amide bonds. The van der Waals surface area contributed by atoms with Crippen molar-refractivity contribution in [3.8, 4) is 0 Å². The Balaban J connectivity index is 2.19. The molecule has 1 fully saturated rings. The average Bonchev–Trinajstić information content (AvgIpc) is 1.77. The molecule has 1 heterocycles. The van der Waals surface area contributed by atoms with Crippen LogP contribution >= 0.6 is 12.6 Å². The van der Waals surface area contributed by atoms with Gasteiger partial charge in [0.2, 0.25) is 0 Å². The Morgan fingerprint density at radius 3 is 2.62 bits per heavy atom. The van der Waals surface area contributed by atoms with Gasteiger partial charge in [-0.25, -0.2) is 0 Å². The first-order chi connectivity index (χ1) is 3.79. The van der Waals surface area contributed by atoms with Gasteiger partial charge in [0, 0.05) is 17.8 Å². The van der Waals surface area contributed by atoms with Gasteiger partial charge in [0.25, 0.3) is 0 Å². The molecular formula is C6H13NS. The molecule has 0 bridgehead atoms. The highest BCUT2D eigenvalue weighted by Gasteiger charge is 2.12. The van der Waals surface area contributed by atoms with Gasteiger partial charge in [-0.2, -0.15) is 12.6 Å². The highest BCUT2D eigenvalue weighted by atomic mass is 32.1. The highest BCUT2D eigenvalue weighted by molar-refractivity contribution is 7.81. The van der Waals surface area contributed by atoms with E-state index in [0.717, 1.165) is 12.6 Å². The first-order valence-electron chi connectivity index (χ1n) is 3.20. The van der Waals surface area contributed by atoms with Crippen molar-refractivity contribution in [3.05, 3.63) is 0 Å². The molecule has 2 heteroatoms. The highest BCUT2D eigenvalue weighted by Crippen LogP contribution is 2.11. The largest absolute Gasteiger partial charge is 0.313 e. The quantitative estimate of drug-likeness (QED) is 0.468. The van der Waals surface area contributed by atoms with Crippen molar-refractivity contribution in [3.63, 3.8) is 0 Å². The molecule has 2 atom stereocenters. The molecule has 0 aromatic rings. The van der Waals surface area contributed by atoms with Gasteiger partial charge in [0.1, 0.15) is 0 Å². The summed E-state index contributed by atoms with van der Waals surface area (Å²) >= 11 is 4.34. The molecule has 0 aliphatic carbocycles. The van der Waals surface area contributed by atoms with E-state index in [0.29, 0.717) is 5.25 Å². The number of hydrogen-bond acceptors (Lipinski definition) is 2. The number of hydrogen-bond donors (Lipinski definition) is 2. The second kappa shape index (κ2) is 2.74. The SMILES string of the molecule is C[C@@H]1CC[C@H](S)CN1. The van der Waals surface area contributed by atoms with E-state index in [1.807, 2.05) is 0 Å². The summed E-state index contributed by atoms with van der Waals surface area (Å²) in [6.07, 6.45) is 2.56. The van der Waals surface area contributed by atoms with Gasteiger partial charge in [-0.1, -0.05) is 0 Å². The van der Waals surface area contributed by atoms with Crippen LogP contribution in [0.15, 0.2) is 0 Å². The summed E-state index contributed by atoms with van der Waals surface area (Å²) in [5, 5.41) is 3.96. The summed E-state index contributed by atoms with van der Waals surface area (Å²) in [5.41, 5.74) is 0. The molecule has 1 aliphatic rings. The number of thiol groups is 1. The van der Waals surface area contributed by atoms with Gasteiger partial charge < -0.3 is 5.32 Å². The van der Waals surface area contributed by atoms with E-state index in [2.05, 4.69) is 24.9 Å².